The molecule has 130 valence electrons. The average Bonchev–Trinajstić information content (AvgIpc) is 2.26. The van der Waals surface area contributed by atoms with Gasteiger partial charge in [0.25, 0.3) is 0 Å². The third kappa shape index (κ3) is 6.83. The minimum absolute atomic E-state index is 0.188. The highest BCUT2D eigenvalue weighted by molar-refractivity contribution is 5.68. The molecule has 8 heteroatoms. The molecular formula is C14H25F3N2O3. The van der Waals surface area contributed by atoms with Crippen LogP contribution in [0.15, 0.2) is 0 Å². The van der Waals surface area contributed by atoms with Crippen molar-refractivity contribution in [3.8, 4) is 0 Å². The molecule has 0 saturated heterocycles. The summed E-state index contributed by atoms with van der Waals surface area (Å²) in [5, 5.41) is 12.3. The standard InChI is InChI=1S/C14H25F3N2O3/c1-13(2,3)22-12(21)18-10-6-5-9(20)7-11(10)19(4)8-14(15,16)17/h9-11,20H,5-8H2,1-4H3,(H,18,21). The van der Waals surface area contributed by atoms with Crippen LogP contribution in [-0.2, 0) is 4.74 Å². The van der Waals surface area contributed by atoms with E-state index in [1.165, 1.54) is 7.05 Å². The van der Waals surface area contributed by atoms with Gasteiger partial charge in [0.05, 0.1) is 12.6 Å². The van der Waals surface area contributed by atoms with Crippen LogP contribution < -0.4 is 5.32 Å². The summed E-state index contributed by atoms with van der Waals surface area (Å²) in [7, 11) is 1.35. The zero-order valence-corrected chi connectivity index (χ0v) is 13.4. The molecule has 1 fully saturated rings. The van der Waals surface area contributed by atoms with Crippen LogP contribution in [0.5, 0.6) is 0 Å². The van der Waals surface area contributed by atoms with Crippen molar-refractivity contribution in [2.45, 2.75) is 70.0 Å². The highest BCUT2D eigenvalue weighted by Crippen LogP contribution is 2.26. The summed E-state index contributed by atoms with van der Waals surface area (Å²) < 4.78 is 42.8. The number of likely N-dealkylation sites (N-methyl/N-ethyl adjacent to an activating group) is 1. The number of rotatable bonds is 3. The molecule has 22 heavy (non-hydrogen) atoms. The second-order valence-corrected chi connectivity index (χ2v) is 6.82. The topological polar surface area (TPSA) is 61.8 Å². The van der Waals surface area contributed by atoms with Gasteiger partial charge in [0, 0.05) is 12.1 Å². The van der Waals surface area contributed by atoms with E-state index >= 15 is 0 Å². The molecule has 1 rings (SSSR count). The van der Waals surface area contributed by atoms with E-state index in [9.17, 15) is 23.1 Å². The van der Waals surface area contributed by atoms with Gasteiger partial charge < -0.3 is 15.2 Å². The molecule has 3 unspecified atom stereocenters. The van der Waals surface area contributed by atoms with Gasteiger partial charge in [0.2, 0.25) is 0 Å². The highest BCUT2D eigenvalue weighted by atomic mass is 19.4. The normalized spacial score (nSPS) is 26.9. The van der Waals surface area contributed by atoms with Gasteiger partial charge in [-0.15, -0.1) is 0 Å². The van der Waals surface area contributed by atoms with Gasteiger partial charge in [-0.05, 0) is 47.1 Å². The van der Waals surface area contributed by atoms with Crippen molar-refractivity contribution in [3.05, 3.63) is 0 Å². The van der Waals surface area contributed by atoms with Crippen molar-refractivity contribution < 1.29 is 27.8 Å². The molecule has 0 radical (unpaired) electrons. The van der Waals surface area contributed by atoms with Gasteiger partial charge in [-0.2, -0.15) is 13.2 Å². The number of alkyl halides is 3. The number of hydrogen-bond donors (Lipinski definition) is 2. The Morgan fingerprint density at radius 1 is 1.32 bits per heavy atom. The molecule has 1 aliphatic carbocycles. The molecule has 0 aromatic heterocycles. The lowest BCUT2D eigenvalue weighted by Crippen LogP contribution is -2.56. The molecular weight excluding hydrogens is 301 g/mol. The van der Waals surface area contributed by atoms with E-state index in [0.717, 1.165) is 4.90 Å². The molecule has 1 saturated carbocycles. The van der Waals surface area contributed by atoms with Crippen molar-refractivity contribution in [1.82, 2.24) is 10.2 Å². The number of nitrogens with zero attached hydrogens (tertiary/aromatic N) is 1. The Morgan fingerprint density at radius 3 is 2.41 bits per heavy atom. The molecule has 3 atom stereocenters. The minimum atomic E-state index is -4.33. The van der Waals surface area contributed by atoms with Gasteiger partial charge in [0.1, 0.15) is 5.60 Å². The predicted octanol–water partition coefficient (Wildman–Crippen LogP) is 2.29. The van der Waals surface area contributed by atoms with Crippen LogP contribution in [0.2, 0.25) is 0 Å². The van der Waals surface area contributed by atoms with Gasteiger partial charge in [-0.1, -0.05) is 0 Å². The van der Waals surface area contributed by atoms with Gasteiger partial charge in [-0.25, -0.2) is 4.79 Å². The number of aliphatic hydroxyl groups is 1. The van der Waals surface area contributed by atoms with Crippen molar-refractivity contribution in [2.75, 3.05) is 13.6 Å². The molecule has 0 heterocycles. The number of carbonyl (C=O) groups is 1. The lowest BCUT2D eigenvalue weighted by Gasteiger charge is -2.40. The van der Waals surface area contributed by atoms with Gasteiger partial charge in [0.15, 0.2) is 0 Å². The summed E-state index contributed by atoms with van der Waals surface area (Å²) in [6.45, 7) is 4.05. The Labute approximate surface area is 128 Å². The van der Waals surface area contributed by atoms with E-state index in [2.05, 4.69) is 5.32 Å². The first-order valence-electron chi connectivity index (χ1n) is 7.32. The fraction of sp³-hybridized carbons (Fsp3) is 0.929. The van der Waals surface area contributed by atoms with Crippen molar-refractivity contribution in [2.24, 2.45) is 0 Å². The van der Waals surface area contributed by atoms with Crippen LogP contribution in [-0.4, -0.2) is 59.7 Å². The first-order chi connectivity index (χ1) is 9.87. The zero-order chi connectivity index (χ0) is 17.1. The smallest absolute Gasteiger partial charge is 0.407 e. The second-order valence-electron chi connectivity index (χ2n) is 6.82. The predicted molar refractivity (Wildman–Crippen MR) is 75.5 cm³/mol. The molecule has 0 spiro atoms. The average molecular weight is 326 g/mol. The highest BCUT2D eigenvalue weighted by Gasteiger charge is 2.38. The van der Waals surface area contributed by atoms with Gasteiger partial charge >= 0.3 is 12.3 Å². The number of halogens is 3. The molecule has 0 bridgehead atoms. The Hall–Kier alpha value is -1.02. The fourth-order valence-electron chi connectivity index (χ4n) is 2.64. The molecule has 2 N–H and O–H groups in total. The Kier molecular flexibility index (Phi) is 6.09. The first-order valence-corrected chi connectivity index (χ1v) is 7.32. The minimum Gasteiger partial charge on any atom is -0.444 e. The number of ether oxygens (including phenoxy) is 1. The number of nitrogens with one attached hydrogen (secondary N) is 1. The monoisotopic (exact) mass is 326 g/mol. The fourth-order valence-corrected chi connectivity index (χ4v) is 2.64. The third-order valence-electron chi connectivity index (χ3n) is 3.49. The lowest BCUT2D eigenvalue weighted by molar-refractivity contribution is -0.151. The number of carbonyl (C=O) groups excluding carboxylic acids is 1. The van der Waals surface area contributed by atoms with Crippen molar-refractivity contribution >= 4 is 6.09 Å². The maximum absolute atomic E-state index is 12.6. The first kappa shape index (κ1) is 19.0. The summed E-state index contributed by atoms with van der Waals surface area (Å²) in [4.78, 5) is 13.0. The number of alkyl carbamates (subject to hydrolysis) is 1. The molecule has 0 aliphatic heterocycles. The van der Waals surface area contributed by atoms with Crippen molar-refractivity contribution in [3.63, 3.8) is 0 Å². The van der Waals surface area contributed by atoms with Crippen LogP contribution in [0.25, 0.3) is 0 Å². The third-order valence-corrected chi connectivity index (χ3v) is 3.49. The Morgan fingerprint density at radius 2 is 1.91 bits per heavy atom. The van der Waals surface area contributed by atoms with Crippen LogP contribution >= 0.6 is 0 Å². The summed E-state index contributed by atoms with van der Waals surface area (Å²) >= 11 is 0. The quantitative estimate of drug-likeness (QED) is 0.835. The SMILES string of the molecule is CN(CC(F)(F)F)C1CC(O)CCC1NC(=O)OC(C)(C)C. The zero-order valence-electron chi connectivity index (χ0n) is 13.4. The largest absolute Gasteiger partial charge is 0.444 e. The lowest BCUT2D eigenvalue weighted by atomic mass is 9.87. The van der Waals surface area contributed by atoms with Gasteiger partial charge in [-0.3, -0.25) is 4.90 Å². The van der Waals surface area contributed by atoms with Crippen LogP contribution in [0.3, 0.4) is 0 Å². The van der Waals surface area contributed by atoms with Crippen LogP contribution in [0.1, 0.15) is 40.0 Å². The molecule has 5 nitrogen and oxygen atoms in total. The number of amides is 1. The molecule has 0 aromatic carbocycles. The summed E-state index contributed by atoms with van der Waals surface area (Å²) in [5.74, 6) is 0. The maximum atomic E-state index is 12.6. The maximum Gasteiger partial charge on any atom is 0.407 e. The van der Waals surface area contributed by atoms with Crippen molar-refractivity contribution in [1.29, 1.82) is 0 Å². The summed E-state index contributed by atoms with van der Waals surface area (Å²) in [5.41, 5.74) is -0.675. The number of hydrogen-bond acceptors (Lipinski definition) is 4. The molecule has 1 aliphatic rings. The summed E-state index contributed by atoms with van der Waals surface area (Å²) in [6, 6.07) is -1.07. The van der Waals surface area contributed by atoms with E-state index in [1.807, 2.05) is 0 Å². The second kappa shape index (κ2) is 7.04. The van der Waals surface area contributed by atoms with E-state index in [-0.39, 0.29) is 6.42 Å². The Bertz CT molecular complexity index is 383. The van der Waals surface area contributed by atoms with E-state index in [0.29, 0.717) is 12.8 Å². The van der Waals surface area contributed by atoms with Crippen LogP contribution in [0, 0.1) is 0 Å². The summed E-state index contributed by atoms with van der Waals surface area (Å²) in [6.07, 6.45) is -4.60. The Balaban J connectivity index is 2.70. The molecule has 1 amide bonds. The number of aliphatic hydroxyl groups excluding tert-OH is 1. The molecule has 0 aromatic rings. The van der Waals surface area contributed by atoms with Crippen LogP contribution in [0.4, 0.5) is 18.0 Å². The van der Waals surface area contributed by atoms with E-state index in [1.54, 1.807) is 20.8 Å². The van der Waals surface area contributed by atoms with E-state index in [4.69, 9.17) is 4.74 Å². The van der Waals surface area contributed by atoms with E-state index < -0.39 is 42.6 Å².